The van der Waals surface area contributed by atoms with Crippen molar-refractivity contribution in [3.05, 3.63) is 53.9 Å². The van der Waals surface area contributed by atoms with Crippen molar-refractivity contribution in [3.63, 3.8) is 0 Å². The first-order valence-corrected chi connectivity index (χ1v) is 7.13. The minimum absolute atomic E-state index is 0.328. The predicted molar refractivity (Wildman–Crippen MR) is 82.2 cm³/mol. The predicted octanol–water partition coefficient (Wildman–Crippen LogP) is 4.24. The van der Waals surface area contributed by atoms with Crippen LogP contribution in [-0.4, -0.2) is 11.5 Å². The summed E-state index contributed by atoms with van der Waals surface area (Å²) in [6.45, 7) is 7.32. The van der Waals surface area contributed by atoms with Crippen LogP contribution < -0.4 is 10.1 Å². The van der Waals surface area contributed by atoms with Gasteiger partial charge in [-0.15, -0.1) is 0 Å². The fraction of sp³-hybridized carbons (Fsp3) is 0.353. The van der Waals surface area contributed by atoms with Gasteiger partial charge in [-0.3, -0.25) is 4.98 Å². The first-order valence-electron chi connectivity index (χ1n) is 7.13. The maximum Gasteiger partial charge on any atom is 0.145 e. The summed E-state index contributed by atoms with van der Waals surface area (Å²) in [5.74, 6) is 1.61. The lowest BCUT2D eigenvalue weighted by Crippen LogP contribution is -2.19. The molecule has 2 rings (SSSR count). The molecule has 20 heavy (non-hydrogen) atoms. The van der Waals surface area contributed by atoms with Crippen LogP contribution in [0.3, 0.4) is 0 Å². The average Bonchev–Trinajstić information content (AvgIpc) is 2.47. The van der Waals surface area contributed by atoms with Gasteiger partial charge in [0.25, 0.3) is 0 Å². The summed E-state index contributed by atoms with van der Waals surface area (Å²) in [6.07, 6.45) is 2.89. The fourth-order valence-electron chi connectivity index (χ4n) is 1.98. The number of hydrogen-bond acceptors (Lipinski definition) is 3. The number of pyridine rings is 1. The molecule has 0 spiro atoms. The number of rotatable bonds is 6. The lowest BCUT2D eigenvalue weighted by molar-refractivity contribution is 0.477. The van der Waals surface area contributed by atoms with E-state index in [-0.39, 0.29) is 0 Å². The second-order valence-electron chi connectivity index (χ2n) is 4.99. The van der Waals surface area contributed by atoms with Crippen molar-refractivity contribution in [2.75, 3.05) is 6.54 Å². The summed E-state index contributed by atoms with van der Waals surface area (Å²) in [4.78, 5) is 4.24. The van der Waals surface area contributed by atoms with E-state index in [1.54, 1.807) is 6.20 Å². The average molecular weight is 270 g/mol. The van der Waals surface area contributed by atoms with Crippen molar-refractivity contribution in [3.8, 4) is 11.5 Å². The summed E-state index contributed by atoms with van der Waals surface area (Å²) < 4.78 is 5.84. The Kier molecular flexibility index (Phi) is 5.13. The van der Waals surface area contributed by atoms with E-state index in [1.165, 1.54) is 5.56 Å². The maximum absolute atomic E-state index is 5.84. The molecule has 1 aromatic heterocycles. The largest absolute Gasteiger partial charge is 0.456 e. The molecule has 1 atom stereocenters. The van der Waals surface area contributed by atoms with Gasteiger partial charge in [-0.1, -0.05) is 19.1 Å². The van der Waals surface area contributed by atoms with E-state index in [1.807, 2.05) is 31.2 Å². The van der Waals surface area contributed by atoms with Gasteiger partial charge in [-0.05, 0) is 56.6 Å². The Morgan fingerprint density at radius 3 is 2.75 bits per heavy atom. The number of nitrogens with one attached hydrogen (secondary N) is 1. The number of ether oxygens (including phenoxy) is 1. The molecule has 0 saturated heterocycles. The molecular weight excluding hydrogens is 248 g/mol. The van der Waals surface area contributed by atoms with Crippen LogP contribution in [0, 0.1) is 6.92 Å². The normalized spacial score (nSPS) is 12.2. The zero-order chi connectivity index (χ0) is 14.4. The molecule has 2 aromatic rings. The van der Waals surface area contributed by atoms with E-state index in [9.17, 15) is 0 Å². The monoisotopic (exact) mass is 270 g/mol. The maximum atomic E-state index is 5.84. The molecule has 1 heterocycles. The molecule has 0 aliphatic carbocycles. The third-order valence-corrected chi connectivity index (χ3v) is 3.18. The van der Waals surface area contributed by atoms with Gasteiger partial charge in [0, 0.05) is 11.7 Å². The molecule has 1 aromatic carbocycles. The van der Waals surface area contributed by atoms with E-state index in [4.69, 9.17) is 4.74 Å². The highest BCUT2D eigenvalue weighted by Gasteiger charge is 2.06. The lowest BCUT2D eigenvalue weighted by Gasteiger charge is -2.15. The molecule has 0 aliphatic rings. The quantitative estimate of drug-likeness (QED) is 0.852. The van der Waals surface area contributed by atoms with E-state index in [2.05, 4.69) is 36.3 Å². The smallest absolute Gasteiger partial charge is 0.145 e. The van der Waals surface area contributed by atoms with Gasteiger partial charge in [0.15, 0.2) is 0 Å². The highest BCUT2D eigenvalue weighted by molar-refractivity contribution is 5.34. The summed E-state index contributed by atoms with van der Waals surface area (Å²) >= 11 is 0. The fourth-order valence-corrected chi connectivity index (χ4v) is 1.98. The van der Waals surface area contributed by atoms with Crippen LogP contribution in [0.4, 0.5) is 0 Å². The van der Waals surface area contributed by atoms with Gasteiger partial charge in [-0.2, -0.15) is 0 Å². The topological polar surface area (TPSA) is 34.1 Å². The van der Waals surface area contributed by atoms with E-state index < -0.39 is 0 Å². The van der Waals surface area contributed by atoms with Crippen LogP contribution in [0.5, 0.6) is 11.5 Å². The first-order chi connectivity index (χ1) is 9.69. The Hall–Kier alpha value is -1.87. The van der Waals surface area contributed by atoms with Gasteiger partial charge in [0.05, 0.1) is 6.20 Å². The van der Waals surface area contributed by atoms with Crippen molar-refractivity contribution in [2.24, 2.45) is 0 Å². The van der Waals surface area contributed by atoms with Crippen molar-refractivity contribution < 1.29 is 4.74 Å². The molecule has 106 valence electrons. The van der Waals surface area contributed by atoms with Crippen LogP contribution in [0.2, 0.25) is 0 Å². The molecule has 3 heteroatoms. The van der Waals surface area contributed by atoms with Crippen LogP contribution in [0.25, 0.3) is 0 Å². The molecule has 1 N–H and O–H groups in total. The highest BCUT2D eigenvalue weighted by atomic mass is 16.5. The summed E-state index contributed by atoms with van der Waals surface area (Å²) in [7, 11) is 0. The summed E-state index contributed by atoms with van der Waals surface area (Å²) in [5, 5.41) is 3.48. The van der Waals surface area contributed by atoms with Gasteiger partial charge >= 0.3 is 0 Å². The zero-order valence-corrected chi connectivity index (χ0v) is 12.4. The SMILES string of the molecule is CCCNC(C)c1cccc(Oc2ccc(C)nc2)c1. The lowest BCUT2D eigenvalue weighted by atomic mass is 10.1. The number of benzene rings is 1. The Labute approximate surface area is 121 Å². The molecule has 0 amide bonds. The van der Waals surface area contributed by atoms with E-state index >= 15 is 0 Å². The van der Waals surface area contributed by atoms with Crippen LogP contribution in [0.15, 0.2) is 42.6 Å². The highest BCUT2D eigenvalue weighted by Crippen LogP contribution is 2.24. The van der Waals surface area contributed by atoms with Crippen LogP contribution in [-0.2, 0) is 0 Å². The van der Waals surface area contributed by atoms with Gasteiger partial charge < -0.3 is 10.1 Å². The minimum Gasteiger partial charge on any atom is -0.456 e. The molecule has 0 saturated carbocycles. The molecule has 0 radical (unpaired) electrons. The summed E-state index contributed by atoms with van der Waals surface area (Å²) in [5.41, 5.74) is 2.22. The number of nitrogens with zero attached hydrogens (tertiary/aromatic N) is 1. The third kappa shape index (κ3) is 4.07. The van der Waals surface area contributed by atoms with Gasteiger partial charge in [-0.25, -0.2) is 0 Å². The van der Waals surface area contributed by atoms with Crippen molar-refractivity contribution in [1.82, 2.24) is 10.3 Å². The Morgan fingerprint density at radius 2 is 2.05 bits per heavy atom. The zero-order valence-electron chi connectivity index (χ0n) is 12.4. The van der Waals surface area contributed by atoms with E-state index in [0.717, 1.165) is 30.2 Å². The van der Waals surface area contributed by atoms with E-state index in [0.29, 0.717) is 6.04 Å². The second-order valence-corrected chi connectivity index (χ2v) is 4.99. The molecule has 1 unspecified atom stereocenters. The van der Waals surface area contributed by atoms with Crippen molar-refractivity contribution >= 4 is 0 Å². The molecule has 0 fully saturated rings. The molecule has 3 nitrogen and oxygen atoms in total. The third-order valence-electron chi connectivity index (χ3n) is 3.18. The summed E-state index contributed by atoms with van der Waals surface area (Å²) in [6, 6.07) is 12.4. The van der Waals surface area contributed by atoms with Crippen LogP contribution in [0.1, 0.15) is 37.6 Å². The number of aryl methyl sites for hydroxylation is 1. The Morgan fingerprint density at radius 1 is 1.20 bits per heavy atom. The van der Waals surface area contributed by atoms with Gasteiger partial charge in [0.1, 0.15) is 11.5 Å². The standard InChI is InChI=1S/C17H22N2O/c1-4-10-18-14(3)15-6-5-7-16(11-15)20-17-9-8-13(2)19-12-17/h5-9,11-12,14,18H,4,10H2,1-3H3. The Bertz CT molecular complexity index is 537. The van der Waals surface area contributed by atoms with Crippen LogP contribution >= 0.6 is 0 Å². The van der Waals surface area contributed by atoms with Gasteiger partial charge in [0.2, 0.25) is 0 Å². The number of hydrogen-bond donors (Lipinski definition) is 1. The molecular formula is C17H22N2O. The Balaban J connectivity index is 2.07. The minimum atomic E-state index is 0.328. The van der Waals surface area contributed by atoms with Crippen molar-refractivity contribution in [1.29, 1.82) is 0 Å². The first kappa shape index (κ1) is 14.5. The second kappa shape index (κ2) is 7.06. The number of aromatic nitrogens is 1. The van der Waals surface area contributed by atoms with Crippen molar-refractivity contribution in [2.45, 2.75) is 33.2 Å². The molecule has 0 bridgehead atoms. The molecule has 0 aliphatic heterocycles.